The van der Waals surface area contributed by atoms with Crippen molar-refractivity contribution in [2.75, 3.05) is 6.54 Å². The van der Waals surface area contributed by atoms with Crippen LogP contribution in [0.4, 0.5) is 8.78 Å². The minimum Gasteiger partial charge on any atom is -0.334 e. The minimum atomic E-state index is -0.596. The fourth-order valence-electron chi connectivity index (χ4n) is 3.36. The molecular weight excluding hydrogens is 390 g/mol. The molecule has 1 aromatic carbocycles. The molecule has 0 N–H and O–H groups in total. The summed E-state index contributed by atoms with van der Waals surface area (Å²) in [5.41, 5.74) is 2.45. The largest absolute Gasteiger partial charge is 0.334 e. The average molecular weight is 407 g/mol. The number of pyridine rings is 1. The Bertz CT molecular complexity index is 852. The summed E-state index contributed by atoms with van der Waals surface area (Å²) in [6.07, 6.45) is 5.12. The summed E-state index contributed by atoms with van der Waals surface area (Å²) >= 11 is 3.34. The molecule has 2 aliphatic rings. The maximum atomic E-state index is 14.3. The van der Waals surface area contributed by atoms with Gasteiger partial charge in [-0.3, -0.25) is 9.78 Å². The molecule has 130 valence electrons. The van der Waals surface area contributed by atoms with Crippen molar-refractivity contribution in [2.45, 2.75) is 32.2 Å². The lowest BCUT2D eigenvalue weighted by molar-refractivity contribution is 0.0724. The predicted molar refractivity (Wildman–Crippen MR) is 93.2 cm³/mol. The smallest absolute Gasteiger partial charge is 0.256 e. The summed E-state index contributed by atoms with van der Waals surface area (Å²) in [7, 11) is 0. The van der Waals surface area contributed by atoms with E-state index in [-0.39, 0.29) is 12.5 Å². The van der Waals surface area contributed by atoms with E-state index in [0.717, 1.165) is 29.1 Å². The third kappa shape index (κ3) is 3.45. The highest BCUT2D eigenvalue weighted by Gasteiger charge is 2.29. The first-order chi connectivity index (χ1) is 12.0. The Kier molecular flexibility index (Phi) is 4.31. The van der Waals surface area contributed by atoms with Gasteiger partial charge in [0, 0.05) is 36.2 Å². The van der Waals surface area contributed by atoms with Gasteiger partial charge >= 0.3 is 0 Å². The second kappa shape index (κ2) is 6.48. The number of amides is 1. The summed E-state index contributed by atoms with van der Waals surface area (Å²) in [4.78, 5) is 18.7. The van der Waals surface area contributed by atoms with Crippen molar-refractivity contribution < 1.29 is 13.6 Å². The normalized spacial score (nSPS) is 16.9. The van der Waals surface area contributed by atoms with Gasteiger partial charge in [0.05, 0.1) is 11.3 Å². The van der Waals surface area contributed by atoms with E-state index in [0.29, 0.717) is 42.0 Å². The molecule has 25 heavy (non-hydrogen) atoms. The number of carbonyl (C=O) groups is 1. The lowest BCUT2D eigenvalue weighted by Crippen LogP contribution is -2.37. The van der Waals surface area contributed by atoms with E-state index in [2.05, 4.69) is 20.9 Å². The Morgan fingerprint density at radius 1 is 1.24 bits per heavy atom. The molecule has 2 heterocycles. The molecule has 1 aliphatic carbocycles. The van der Waals surface area contributed by atoms with Crippen LogP contribution in [0.3, 0.4) is 0 Å². The molecule has 1 fully saturated rings. The number of rotatable bonds is 4. The van der Waals surface area contributed by atoms with Crippen molar-refractivity contribution in [3.8, 4) is 0 Å². The van der Waals surface area contributed by atoms with Gasteiger partial charge in [0.25, 0.3) is 5.91 Å². The monoisotopic (exact) mass is 406 g/mol. The van der Waals surface area contributed by atoms with Crippen LogP contribution in [-0.2, 0) is 19.4 Å². The number of benzene rings is 1. The van der Waals surface area contributed by atoms with Gasteiger partial charge in [0.15, 0.2) is 0 Å². The highest BCUT2D eigenvalue weighted by molar-refractivity contribution is 9.10. The topological polar surface area (TPSA) is 33.2 Å². The summed E-state index contributed by atoms with van der Waals surface area (Å²) in [6.45, 7) is 0.725. The molecule has 0 bridgehead atoms. The molecule has 4 rings (SSSR count). The zero-order chi connectivity index (χ0) is 17.6. The van der Waals surface area contributed by atoms with Gasteiger partial charge in [-0.15, -0.1) is 0 Å². The Labute approximate surface area is 153 Å². The molecule has 0 radical (unpaired) electrons. The van der Waals surface area contributed by atoms with E-state index >= 15 is 0 Å². The lowest BCUT2D eigenvalue weighted by Gasteiger charge is -2.29. The van der Waals surface area contributed by atoms with Gasteiger partial charge in [0.2, 0.25) is 0 Å². The first-order valence-electron chi connectivity index (χ1n) is 8.42. The third-order valence-corrected chi connectivity index (χ3v) is 5.31. The SMILES string of the molecule is O=C1c2cc(Br)cnc2CCN1Cc1cc(F)cc(F)c1CC1CC1. The van der Waals surface area contributed by atoms with Crippen LogP contribution in [0, 0.1) is 17.6 Å². The van der Waals surface area contributed by atoms with Crippen LogP contribution in [0.2, 0.25) is 0 Å². The standard InChI is InChI=1S/C19H17BrF2N2O/c20-13-7-16-18(23-9-13)3-4-24(19(16)25)10-12-6-14(21)8-17(22)15(12)5-11-1-2-11/h6-9,11H,1-5,10H2. The van der Waals surface area contributed by atoms with Crippen molar-refractivity contribution in [3.63, 3.8) is 0 Å². The van der Waals surface area contributed by atoms with Crippen molar-refractivity contribution in [2.24, 2.45) is 5.92 Å². The second-order valence-corrected chi connectivity index (χ2v) is 7.71. The number of halogens is 3. The van der Waals surface area contributed by atoms with Gasteiger partial charge in [-0.2, -0.15) is 0 Å². The van der Waals surface area contributed by atoms with Crippen LogP contribution < -0.4 is 0 Å². The van der Waals surface area contributed by atoms with Crippen LogP contribution in [0.15, 0.2) is 28.9 Å². The molecule has 0 saturated heterocycles. The Morgan fingerprint density at radius 3 is 2.80 bits per heavy atom. The summed E-state index contributed by atoms with van der Waals surface area (Å²) < 4.78 is 28.8. The zero-order valence-electron chi connectivity index (χ0n) is 13.6. The second-order valence-electron chi connectivity index (χ2n) is 6.80. The van der Waals surface area contributed by atoms with Crippen molar-refractivity contribution >= 4 is 21.8 Å². The molecule has 6 heteroatoms. The Hall–Kier alpha value is -1.82. The molecule has 3 nitrogen and oxygen atoms in total. The maximum Gasteiger partial charge on any atom is 0.256 e. The summed E-state index contributed by atoms with van der Waals surface area (Å²) in [6, 6.07) is 4.06. The first-order valence-corrected chi connectivity index (χ1v) is 9.21. The molecule has 1 aromatic heterocycles. The number of hydrogen-bond acceptors (Lipinski definition) is 2. The number of fused-ring (bicyclic) bond motifs is 1. The van der Waals surface area contributed by atoms with Gasteiger partial charge in [-0.05, 0) is 64.4 Å². The van der Waals surface area contributed by atoms with E-state index in [1.54, 1.807) is 17.2 Å². The van der Waals surface area contributed by atoms with Crippen LogP contribution >= 0.6 is 15.9 Å². The van der Waals surface area contributed by atoms with Crippen LogP contribution in [0.1, 0.15) is 40.0 Å². The molecule has 0 spiro atoms. The molecule has 0 atom stereocenters. The van der Waals surface area contributed by atoms with E-state index in [9.17, 15) is 13.6 Å². The fraction of sp³-hybridized carbons (Fsp3) is 0.368. The highest BCUT2D eigenvalue weighted by atomic mass is 79.9. The van der Waals surface area contributed by atoms with Gasteiger partial charge in [-0.1, -0.05) is 0 Å². The average Bonchev–Trinajstić information content (AvgIpc) is 3.38. The fourth-order valence-corrected chi connectivity index (χ4v) is 3.69. The third-order valence-electron chi connectivity index (χ3n) is 4.88. The Morgan fingerprint density at radius 2 is 2.04 bits per heavy atom. The van der Waals surface area contributed by atoms with E-state index in [4.69, 9.17) is 0 Å². The van der Waals surface area contributed by atoms with Crippen molar-refractivity contribution in [3.05, 3.63) is 62.9 Å². The number of hydrogen-bond donors (Lipinski definition) is 0. The highest BCUT2D eigenvalue weighted by Crippen LogP contribution is 2.35. The molecule has 2 aromatic rings. The van der Waals surface area contributed by atoms with E-state index in [1.165, 1.54) is 6.07 Å². The quantitative estimate of drug-likeness (QED) is 0.759. The predicted octanol–water partition coefficient (Wildman–Crippen LogP) is 4.27. The molecule has 0 unspecified atom stereocenters. The van der Waals surface area contributed by atoms with Gasteiger partial charge in [0.1, 0.15) is 11.6 Å². The summed E-state index contributed by atoms with van der Waals surface area (Å²) in [5, 5.41) is 0. The number of aromatic nitrogens is 1. The Balaban J connectivity index is 1.63. The van der Waals surface area contributed by atoms with Crippen LogP contribution in [0.25, 0.3) is 0 Å². The summed E-state index contributed by atoms with van der Waals surface area (Å²) in [5.74, 6) is -0.758. The minimum absolute atomic E-state index is 0.142. The van der Waals surface area contributed by atoms with Crippen LogP contribution in [0.5, 0.6) is 0 Å². The number of nitrogens with zero attached hydrogens (tertiary/aromatic N) is 2. The molecule has 1 saturated carbocycles. The van der Waals surface area contributed by atoms with Crippen LogP contribution in [-0.4, -0.2) is 22.3 Å². The molecular formula is C19H17BrF2N2O. The van der Waals surface area contributed by atoms with E-state index in [1.807, 2.05) is 0 Å². The van der Waals surface area contributed by atoms with Crippen molar-refractivity contribution in [1.29, 1.82) is 0 Å². The number of carbonyl (C=O) groups excluding carboxylic acids is 1. The van der Waals surface area contributed by atoms with Gasteiger partial charge < -0.3 is 4.90 Å². The maximum absolute atomic E-state index is 14.3. The first kappa shape index (κ1) is 16.6. The molecule has 1 amide bonds. The van der Waals surface area contributed by atoms with Gasteiger partial charge in [-0.25, -0.2) is 8.78 Å². The lowest BCUT2D eigenvalue weighted by atomic mass is 9.98. The zero-order valence-corrected chi connectivity index (χ0v) is 15.2. The van der Waals surface area contributed by atoms with E-state index < -0.39 is 11.6 Å². The van der Waals surface area contributed by atoms with Crippen molar-refractivity contribution in [1.82, 2.24) is 9.88 Å². The molecule has 1 aliphatic heterocycles.